The number of aromatic amines is 1. The number of ether oxygens (including phenoxy) is 3. The number of methoxy groups -OCH3 is 2. The van der Waals surface area contributed by atoms with Crippen molar-refractivity contribution in [2.24, 2.45) is 0 Å². The predicted molar refractivity (Wildman–Crippen MR) is 81.1 cm³/mol. The van der Waals surface area contributed by atoms with Crippen molar-refractivity contribution in [2.75, 3.05) is 20.8 Å². The second-order valence-corrected chi connectivity index (χ2v) is 4.48. The summed E-state index contributed by atoms with van der Waals surface area (Å²) >= 11 is 0. The first kappa shape index (κ1) is 16.2. The summed E-state index contributed by atoms with van der Waals surface area (Å²) < 4.78 is 16.9. The van der Waals surface area contributed by atoms with E-state index < -0.39 is 11.2 Å². The second kappa shape index (κ2) is 7.17. The van der Waals surface area contributed by atoms with Crippen LogP contribution in [0.5, 0.6) is 17.2 Å². The predicted octanol–water partition coefficient (Wildman–Crippen LogP) is 0.504. The van der Waals surface area contributed by atoms with Crippen LogP contribution in [-0.4, -0.2) is 30.4 Å². The third-order valence-electron chi connectivity index (χ3n) is 3.08. The topological polar surface area (TPSA) is 106 Å². The van der Waals surface area contributed by atoms with Crippen molar-refractivity contribution < 1.29 is 14.2 Å². The minimum atomic E-state index is -0.580. The zero-order valence-corrected chi connectivity index (χ0v) is 12.7. The molecule has 0 aliphatic rings. The molecule has 1 heterocycles. The lowest BCUT2D eigenvalue weighted by molar-refractivity contribution is 0.276. The molecule has 0 bridgehead atoms. The monoisotopic (exact) mass is 317 g/mol. The SMILES string of the molecule is COc1cc(C#N)ccc1OCCn1cc(OC)c(=O)[nH]c1=O. The Balaban J connectivity index is 2.10. The number of nitriles is 1. The van der Waals surface area contributed by atoms with E-state index in [9.17, 15) is 9.59 Å². The summed E-state index contributed by atoms with van der Waals surface area (Å²) in [6.45, 7) is 0.368. The van der Waals surface area contributed by atoms with Crippen LogP contribution < -0.4 is 25.5 Å². The van der Waals surface area contributed by atoms with E-state index in [-0.39, 0.29) is 18.9 Å². The Morgan fingerprint density at radius 2 is 1.91 bits per heavy atom. The van der Waals surface area contributed by atoms with Gasteiger partial charge in [-0.25, -0.2) is 4.79 Å². The summed E-state index contributed by atoms with van der Waals surface area (Å²) in [7, 11) is 2.82. The van der Waals surface area contributed by atoms with Gasteiger partial charge in [0.2, 0.25) is 5.75 Å². The normalized spacial score (nSPS) is 9.96. The van der Waals surface area contributed by atoms with Gasteiger partial charge in [0.1, 0.15) is 6.61 Å². The van der Waals surface area contributed by atoms with Crippen LogP contribution in [0, 0.1) is 11.3 Å². The first-order chi connectivity index (χ1) is 11.1. The molecule has 2 aromatic rings. The smallest absolute Gasteiger partial charge is 0.328 e. The van der Waals surface area contributed by atoms with Crippen LogP contribution in [0.15, 0.2) is 34.0 Å². The van der Waals surface area contributed by atoms with Gasteiger partial charge in [0.05, 0.1) is 38.6 Å². The largest absolute Gasteiger partial charge is 0.493 e. The highest BCUT2D eigenvalue weighted by atomic mass is 16.5. The lowest BCUT2D eigenvalue weighted by Gasteiger charge is -2.12. The minimum absolute atomic E-state index is 0.0422. The maximum Gasteiger partial charge on any atom is 0.328 e. The molecule has 0 aliphatic carbocycles. The number of hydrogen-bond acceptors (Lipinski definition) is 6. The van der Waals surface area contributed by atoms with Crippen molar-refractivity contribution in [1.29, 1.82) is 5.26 Å². The third kappa shape index (κ3) is 3.71. The second-order valence-electron chi connectivity index (χ2n) is 4.48. The molecule has 0 spiro atoms. The number of benzene rings is 1. The van der Waals surface area contributed by atoms with Crippen LogP contribution in [0.25, 0.3) is 0 Å². The molecule has 1 aromatic heterocycles. The summed E-state index contributed by atoms with van der Waals surface area (Å²) in [5.41, 5.74) is -0.676. The van der Waals surface area contributed by atoms with Gasteiger partial charge in [0, 0.05) is 6.07 Å². The molecule has 0 atom stereocenters. The van der Waals surface area contributed by atoms with Gasteiger partial charge >= 0.3 is 5.69 Å². The molecule has 8 heteroatoms. The van der Waals surface area contributed by atoms with E-state index in [4.69, 9.17) is 19.5 Å². The Hall–Kier alpha value is -3.21. The molecule has 0 unspecified atom stereocenters. The minimum Gasteiger partial charge on any atom is -0.493 e. The first-order valence-electron chi connectivity index (χ1n) is 6.67. The Morgan fingerprint density at radius 1 is 1.17 bits per heavy atom. The highest BCUT2D eigenvalue weighted by Crippen LogP contribution is 2.27. The van der Waals surface area contributed by atoms with Gasteiger partial charge in [0.25, 0.3) is 5.56 Å². The van der Waals surface area contributed by atoms with Crippen molar-refractivity contribution in [3.8, 4) is 23.3 Å². The molecule has 0 radical (unpaired) electrons. The van der Waals surface area contributed by atoms with Gasteiger partial charge in [-0.05, 0) is 12.1 Å². The number of nitrogens with one attached hydrogen (secondary N) is 1. The number of H-pyrrole nitrogens is 1. The molecule has 120 valence electrons. The Kier molecular flexibility index (Phi) is 5.04. The zero-order valence-electron chi connectivity index (χ0n) is 12.7. The summed E-state index contributed by atoms with van der Waals surface area (Å²) in [5.74, 6) is 0.923. The van der Waals surface area contributed by atoms with Gasteiger partial charge in [-0.2, -0.15) is 5.26 Å². The highest BCUT2D eigenvalue weighted by molar-refractivity contribution is 5.46. The van der Waals surface area contributed by atoms with Crippen LogP contribution in [0.2, 0.25) is 0 Å². The quantitative estimate of drug-likeness (QED) is 0.831. The fourth-order valence-corrected chi connectivity index (χ4v) is 1.91. The van der Waals surface area contributed by atoms with Crippen molar-refractivity contribution >= 4 is 0 Å². The average Bonchev–Trinajstić information content (AvgIpc) is 2.56. The number of nitrogens with zero attached hydrogens (tertiary/aromatic N) is 2. The molecule has 0 saturated carbocycles. The molecule has 1 N–H and O–H groups in total. The zero-order chi connectivity index (χ0) is 16.8. The van der Waals surface area contributed by atoms with Crippen LogP contribution in [-0.2, 0) is 6.54 Å². The van der Waals surface area contributed by atoms with E-state index >= 15 is 0 Å². The van der Waals surface area contributed by atoms with Gasteiger partial charge < -0.3 is 14.2 Å². The van der Waals surface area contributed by atoms with Crippen LogP contribution in [0.1, 0.15) is 5.56 Å². The van der Waals surface area contributed by atoms with Crippen molar-refractivity contribution in [1.82, 2.24) is 9.55 Å². The summed E-state index contributed by atoms with van der Waals surface area (Å²) in [5, 5.41) is 8.85. The lowest BCUT2D eigenvalue weighted by Crippen LogP contribution is -2.31. The highest BCUT2D eigenvalue weighted by Gasteiger charge is 2.07. The Bertz CT molecular complexity index is 847. The maximum atomic E-state index is 11.7. The molecule has 0 amide bonds. The summed E-state index contributed by atoms with van der Waals surface area (Å²) in [4.78, 5) is 25.2. The molecular weight excluding hydrogens is 302 g/mol. The molecule has 2 rings (SSSR count). The van der Waals surface area contributed by atoms with Crippen molar-refractivity contribution in [2.45, 2.75) is 6.54 Å². The molecule has 0 aliphatic heterocycles. The molecule has 8 nitrogen and oxygen atoms in total. The van der Waals surface area contributed by atoms with Crippen LogP contribution in [0.3, 0.4) is 0 Å². The van der Waals surface area contributed by atoms with Gasteiger partial charge in [-0.1, -0.05) is 0 Å². The first-order valence-corrected chi connectivity index (χ1v) is 6.67. The van der Waals surface area contributed by atoms with Crippen LogP contribution in [0.4, 0.5) is 0 Å². The van der Waals surface area contributed by atoms with Gasteiger partial charge in [-0.3, -0.25) is 14.3 Å². The van der Waals surface area contributed by atoms with E-state index in [2.05, 4.69) is 4.98 Å². The fourth-order valence-electron chi connectivity index (χ4n) is 1.91. The average molecular weight is 317 g/mol. The van der Waals surface area contributed by atoms with E-state index in [0.29, 0.717) is 17.1 Å². The number of aromatic nitrogens is 2. The fraction of sp³-hybridized carbons (Fsp3) is 0.267. The van der Waals surface area contributed by atoms with E-state index in [1.807, 2.05) is 6.07 Å². The summed E-state index contributed by atoms with van der Waals surface area (Å²) in [6.07, 6.45) is 1.32. The van der Waals surface area contributed by atoms with Crippen molar-refractivity contribution in [3.63, 3.8) is 0 Å². The molecule has 1 aromatic carbocycles. The molecule has 0 saturated heterocycles. The number of hydrogen-bond donors (Lipinski definition) is 1. The van der Waals surface area contributed by atoms with Gasteiger partial charge in [-0.15, -0.1) is 0 Å². The summed E-state index contributed by atoms with van der Waals surface area (Å²) in [6, 6.07) is 6.79. The van der Waals surface area contributed by atoms with Crippen LogP contribution >= 0.6 is 0 Å². The van der Waals surface area contributed by atoms with E-state index in [1.54, 1.807) is 18.2 Å². The lowest BCUT2D eigenvalue weighted by atomic mass is 10.2. The molecular formula is C15H15N3O5. The van der Waals surface area contributed by atoms with Gasteiger partial charge in [0.15, 0.2) is 11.5 Å². The van der Waals surface area contributed by atoms with E-state index in [0.717, 1.165) is 0 Å². The third-order valence-corrected chi connectivity index (χ3v) is 3.08. The standard InChI is InChI=1S/C15H15N3O5/c1-21-12-7-10(8-16)3-4-11(12)23-6-5-18-9-13(22-2)14(19)17-15(18)20/h3-4,7,9H,5-6H2,1-2H3,(H,17,19,20). The Morgan fingerprint density at radius 3 is 2.57 bits per heavy atom. The maximum absolute atomic E-state index is 11.7. The number of rotatable bonds is 6. The Labute approximate surface area is 131 Å². The van der Waals surface area contributed by atoms with Crippen molar-refractivity contribution in [3.05, 3.63) is 50.8 Å². The van der Waals surface area contributed by atoms with E-state index in [1.165, 1.54) is 25.0 Å². The molecule has 23 heavy (non-hydrogen) atoms. The molecule has 0 fully saturated rings.